The van der Waals surface area contributed by atoms with Crippen molar-refractivity contribution in [2.24, 2.45) is 0 Å². The topological polar surface area (TPSA) is 0 Å². The fraction of sp³-hybridized carbons (Fsp3) is 0. The molecule has 15 heteroatoms. The van der Waals surface area contributed by atoms with Crippen LogP contribution in [0, 0.1) is 0 Å². The van der Waals surface area contributed by atoms with Crippen LogP contribution in [0.15, 0.2) is 0 Å². The van der Waals surface area contributed by atoms with Gasteiger partial charge in [-0.3, -0.25) is 0 Å². The summed E-state index contributed by atoms with van der Waals surface area (Å²) >= 11 is 0. The third-order valence-electron chi connectivity index (χ3n) is 0. The van der Waals surface area contributed by atoms with Crippen LogP contribution in [-0.2, 0) is 0 Å². The van der Waals surface area contributed by atoms with Crippen LogP contribution in [0.3, 0.4) is 0 Å². The van der Waals surface area contributed by atoms with Gasteiger partial charge in [0.05, 0.1) is 0 Å². The van der Waals surface area contributed by atoms with E-state index in [0.717, 1.165) is 0 Å². The summed E-state index contributed by atoms with van der Waals surface area (Å²) in [6.07, 6.45) is 0. The molecule has 0 saturated carbocycles. The molecule has 0 radical (unpaired) electrons. The molecule has 0 unspecified atom stereocenters. The van der Waals surface area contributed by atoms with E-state index in [1.54, 1.807) is 0 Å². The van der Waals surface area contributed by atoms with Gasteiger partial charge < -0.3 is 0 Å². The zero-order chi connectivity index (χ0) is 0. The van der Waals surface area contributed by atoms with Gasteiger partial charge in [0.25, 0.3) is 0 Å². The maximum absolute atomic E-state index is 0. The van der Waals surface area contributed by atoms with E-state index in [2.05, 4.69) is 0 Å². The van der Waals surface area contributed by atoms with Gasteiger partial charge >= 0.3 is 148 Å². The summed E-state index contributed by atoms with van der Waals surface area (Å²) in [6.45, 7) is 0. The van der Waals surface area contributed by atoms with E-state index in [4.69, 9.17) is 0 Å². The summed E-state index contributed by atoms with van der Waals surface area (Å²) in [4.78, 5) is 0. The first-order chi connectivity index (χ1) is 0. The Morgan fingerprint density at radius 2 is 0.133 bits per heavy atom. The molecule has 0 bridgehead atoms. The second kappa shape index (κ2) is 153. The van der Waals surface area contributed by atoms with Crippen molar-refractivity contribution >= 4 is 272 Å². The SMILES string of the molecule is Cl.Cl.Cl.Cl.Cl.Cl.Cl.Cl.Cl.Cl.[NaH].[NaH].[NaH].[NaH].[NaH]. The number of hydrogen-bond acceptors (Lipinski definition) is 0. The maximum atomic E-state index is 0. The normalized spacial score (nSPS) is 0. The van der Waals surface area contributed by atoms with Gasteiger partial charge in [0.2, 0.25) is 0 Å². The Labute approximate surface area is 265 Å². The van der Waals surface area contributed by atoms with E-state index in [0.29, 0.717) is 0 Å². The molecule has 0 aliphatic rings. The summed E-state index contributed by atoms with van der Waals surface area (Å²) in [7, 11) is 0. The molecule has 0 spiro atoms. The fourth-order valence-electron chi connectivity index (χ4n) is 0. The molecule has 0 fully saturated rings. The van der Waals surface area contributed by atoms with Gasteiger partial charge in [0, 0.05) is 0 Å². The van der Waals surface area contributed by atoms with Gasteiger partial charge in [-0.1, -0.05) is 0 Å². The molecule has 0 saturated heterocycles. The predicted molar refractivity (Wildman–Crippen MR) is 108 cm³/mol. The number of rotatable bonds is 0. The van der Waals surface area contributed by atoms with E-state index in [-0.39, 0.29) is 272 Å². The number of halogens is 10. The van der Waals surface area contributed by atoms with Crippen molar-refractivity contribution in [1.29, 1.82) is 0 Å². The number of hydrogen-bond donors (Lipinski definition) is 0. The molecule has 0 atom stereocenters. The van der Waals surface area contributed by atoms with Gasteiger partial charge in [0.1, 0.15) is 0 Å². The van der Waals surface area contributed by atoms with Crippen LogP contribution in [0.4, 0.5) is 0 Å². The zero-order valence-corrected chi connectivity index (χ0v) is 12.2. The Kier molecular flexibility index (Phi) is 1800. The molecule has 0 aliphatic carbocycles. The summed E-state index contributed by atoms with van der Waals surface area (Å²) in [5.41, 5.74) is 0. The Morgan fingerprint density at radius 3 is 0.133 bits per heavy atom. The van der Waals surface area contributed by atoms with Crippen LogP contribution in [0.5, 0.6) is 0 Å². The third kappa shape index (κ3) is 139. The van der Waals surface area contributed by atoms with Gasteiger partial charge in [-0.15, -0.1) is 124 Å². The van der Waals surface area contributed by atoms with Crippen molar-refractivity contribution < 1.29 is 0 Å². The zero-order valence-electron chi connectivity index (χ0n) is 4.08. The van der Waals surface area contributed by atoms with Crippen LogP contribution >= 0.6 is 124 Å². The minimum absolute atomic E-state index is 0. The van der Waals surface area contributed by atoms with Gasteiger partial charge in [-0.05, 0) is 0 Å². The predicted octanol–water partition coefficient (Wildman–Crippen LogP) is 0.976. The molecule has 0 aromatic carbocycles. The molecule has 0 nitrogen and oxygen atoms in total. The van der Waals surface area contributed by atoms with E-state index >= 15 is 0 Å². The Bertz CT molecular complexity index is 13.8. The van der Waals surface area contributed by atoms with Crippen molar-refractivity contribution in [3.05, 3.63) is 0 Å². The first kappa shape index (κ1) is 176. The first-order valence-electron chi connectivity index (χ1n) is 0. The first-order valence-corrected chi connectivity index (χ1v) is 0. The van der Waals surface area contributed by atoms with Crippen LogP contribution in [0.2, 0.25) is 0 Å². The van der Waals surface area contributed by atoms with Crippen LogP contribution < -0.4 is 0 Å². The molecule has 15 heavy (non-hydrogen) atoms. The molecule has 0 N–H and O–H groups in total. The summed E-state index contributed by atoms with van der Waals surface area (Å²) < 4.78 is 0. The van der Waals surface area contributed by atoms with E-state index in [9.17, 15) is 0 Å². The van der Waals surface area contributed by atoms with Crippen molar-refractivity contribution in [2.45, 2.75) is 0 Å². The summed E-state index contributed by atoms with van der Waals surface area (Å²) in [6, 6.07) is 0. The third-order valence-corrected chi connectivity index (χ3v) is 0. The van der Waals surface area contributed by atoms with Crippen molar-refractivity contribution in [3.8, 4) is 0 Å². The summed E-state index contributed by atoms with van der Waals surface area (Å²) in [5, 5.41) is 0. The van der Waals surface area contributed by atoms with Gasteiger partial charge in [-0.25, -0.2) is 0 Å². The second-order valence-electron chi connectivity index (χ2n) is 0. The quantitative estimate of drug-likeness (QED) is 0.450. The second-order valence-corrected chi connectivity index (χ2v) is 0. The summed E-state index contributed by atoms with van der Waals surface area (Å²) in [5.74, 6) is 0. The minimum atomic E-state index is 0. The molecule has 0 rings (SSSR count). The van der Waals surface area contributed by atoms with Crippen LogP contribution in [-0.4, -0.2) is 148 Å². The van der Waals surface area contributed by atoms with E-state index in [1.165, 1.54) is 0 Å². The molecule has 0 aliphatic heterocycles. The Morgan fingerprint density at radius 1 is 0.133 bits per heavy atom. The fourth-order valence-corrected chi connectivity index (χ4v) is 0. The van der Waals surface area contributed by atoms with Crippen LogP contribution in [0.25, 0.3) is 0 Å². The molecular formula is H15Cl10Na5. The van der Waals surface area contributed by atoms with E-state index in [1.807, 2.05) is 0 Å². The molecular weight excluding hydrogens is 469 g/mol. The molecule has 90 valence electrons. The Balaban J connectivity index is 0. The van der Waals surface area contributed by atoms with Crippen molar-refractivity contribution in [2.75, 3.05) is 0 Å². The van der Waals surface area contributed by atoms with Gasteiger partial charge in [0.15, 0.2) is 0 Å². The molecule has 0 amide bonds. The van der Waals surface area contributed by atoms with Gasteiger partial charge in [-0.2, -0.15) is 0 Å². The molecule has 0 aromatic rings. The average Bonchev–Trinajstić information content (AvgIpc) is 0. The van der Waals surface area contributed by atoms with Crippen LogP contribution in [0.1, 0.15) is 0 Å². The molecule has 0 aromatic heterocycles. The standard InChI is InChI=1S/10ClH.5Na.5H/h10*1H;;;;;;;;;;. The average molecular weight is 485 g/mol. The molecule has 0 heterocycles. The monoisotopic (exact) mass is 480 g/mol. The van der Waals surface area contributed by atoms with E-state index < -0.39 is 0 Å². The Hall–Kier alpha value is 7.90. The van der Waals surface area contributed by atoms with Crippen molar-refractivity contribution in [1.82, 2.24) is 0 Å². The van der Waals surface area contributed by atoms with Crippen molar-refractivity contribution in [3.63, 3.8) is 0 Å².